The molecule has 0 aromatic heterocycles. The number of aliphatic carboxylic acids is 1. The third-order valence-electron chi connectivity index (χ3n) is 3.74. The third-order valence-corrected chi connectivity index (χ3v) is 4.07. The van der Waals surface area contributed by atoms with E-state index in [9.17, 15) is 19.5 Å². The Morgan fingerprint density at radius 2 is 1.96 bits per heavy atom. The van der Waals surface area contributed by atoms with Crippen LogP contribution in [0.4, 0.5) is 10.5 Å². The molecule has 3 amide bonds. The average Bonchev–Trinajstić information content (AvgIpc) is 2.97. The Morgan fingerprint density at radius 3 is 2.50 bits per heavy atom. The van der Waals surface area contributed by atoms with Gasteiger partial charge in [0.2, 0.25) is 0 Å². The predicted octanol–water partition coefficient (Wildman–Crippen LogP) is 2.23. The van der Waals surface area contributed by atoms with Gasteiger partial charge in [0, 0.05) is 24.3 Å². The van der Waals surface area contributed by atoms with Crippen molar-refractivity contribution in [2.45, 2.75) is 38.3 Å². The SMILES string of the molecule is CC(C)(C)NC(=O)Nc1ccc(Cl)c(C(=O)NC2(C(=O)O)CCOC2)c1. The molecule has 0 bridgehead atoms. The number of hydrogen-bond acceptors (Lipinski definition) is 4. The second-order valence-corrected chi connectivity index (χ2v) is 7.57. The van der Waals surface area contributed by atoms with Crippen molar-refractivity contribution in [3.63, 3.8) is 0 Å². The minimum Gasteiger partial charge on any atom is -0.479 e. The molecular formula is C17H22ClN3O5. The number of nitrogens with one attached hydrogen (secondary N) is 3. The fraction of sp³-hybridized carbons (Fsp3) is 0.471. The molecular weight excluding hydrogens is 362 g/mol. The second-order valence-electron chi connectivity index (χ2n) is 7.17. The van der Waals surface area contributed by atoms with Crippen LogP contribution in [0.5, 0.6) is 0 Å². The van der Waals surface area contributed by atoms with Gasteiger partial charge in [0.05, 0.1) is 17.2 Å². The van der Waals surface area contributed by atoms with Gasteiger partial charge in [0.25, 0.3) is 5.91 Å². The molecule has 0 saturated carbocycles. The monoisotopic (exact) mass is 383 g/mol. The summed E-state index contributed by atoms with van der Waals surface area (Å²) in [4.78, 5) is 36.0. The number of rotatable bonds is 4. The Morgan fingerprint density at radius 1 is 1.27 bits per heavy atom. The molecule has 0 radical (unpaired) electrons. The van der Waals surface area contributed by atoms with Crippen LogP contribution >= 0.6 is 11.6 Å². The molecule has 8 nitrogen and oxygen atoms in total. The standard InChI is InChI=1S/C17H22ClN3O5/c1-16(2,3)21-15(25)19-10-4-5-12(18)11(8-10)13(22)20-17(14(23)24)6-7-26-9-17/h4-5,8H,6-7,9H2,1-3H3,(H,20,22)(H,23,24)(H2,19,21,25). The lowest BCUT2D eigenvalue weighted by Gasteiger charge is -2.24. The lowest BCUT2D eigenvalue weighted by atomic mass is 9.98. The maximum absolute atomic E-state index is 12.6. The van der Waals surface area contributed by atoms with Gasteiger partial charge in [-0.05, 0) is 39.0 Å². The number of hydrogen-bond donors (Lipinski definition) is 4. The smallest absolute Gasteiger partial charge is 0.331 e. The van der Waals surface area contributed by atoms with Crippen LogP contribution in [-0.4, -0.2) is 47.3 Å². The molecule has 1 unspecified atom stereocenters. The van der Waals surface area contributed by atoms with Gasteiger partial charge in [-0.3, -0.25) is 4.79 Å². The quantitative estimate of drug-likeness (QED) is 0.636. The molecule has 26 heavy (non-hydrogen) atoms. The minimum absolute atomic E-state index is 0.0627. The van der Waals surface area contributed by atoms with Gasteiger partial charge in [-0.1, -0.05) is 11.6 Å². The van der Waals surface area contributed by atoms with Crippen molar-refractivity contribution in [3.05, 3.63) is 28.8 Å². The van der Waals surface area contributed by atoms with Crippen LogP contribution in [0.15, 0.2) is 18.2 Å². The van der Waals surface area contributed by atoms with Gasteiger partial charge in [-0.15, -0.1) is 0 Å². The van der Waals surface area contributed by atoms with E-state index in [0.717, 1.165) is 0 Å². The first kappa shape index (κ1) is 20.0. The van der Waals surface area contributed by atoms with Crippen molar-refractivity contribution in [2.75, 3.05) is 18.5 Å². The highest BCUT2D eigenvalue weighted by atomic mass is 35.5. The molecule has 1 aliphatic heterocycles. The predicted molar refractivity (Wildman–Crippen MR) is 96.6 cm³/mol. The number of carbonyl (C=O) groups is 3. The molecule has 1 heterocycles. The van der Waals surface area contributed by atoms with Gasteiger partial charge < -0.3 is 25.8 Å². The summed E-state index contributed by atoms with van der Waals surface area (Å²) in [5, 5.41) is 17.4. The summed E-state index contributed by atoms with van der Waals surface area (Å²) in [6.07, 6.45) is 0.164. The zero-order valence-corrected chi connectivity index (χ0v) is 15.6. The summed E-state index contributed by atoms with van der Waals surface area (Å²) in [6.45, 7) is 5.64. The van der Waals surface area contributed by atoms with Crippen LogP contribution in [0.3, 0.4) is 0 Å². The number of carboxylic acids is 1. The van der Waals surface area contributed by atoms with E-state index in [1.54, 1.807) is 6.07 Å². The van der Waals surface area contributed by atoms with Crippen LogP contribution in [-0.2, 0) is 9.53 Å². The van der Waals surface area contributed by atoms with Crippen molar-refractivity contribution in [1.82, 2.24) is 10.6 Å². The van der Waals surface area contributed by atoms with Crippen molar-refractivity contribution in [2.24, 2.45) is 0 Å². The van der Waals surface area contributed by atoms with E-state index in [1.807, 2.05) is 20.8 Å². The molecule has 1 atom stereocenters. The van der Waals surface area contributed by atoms with E-state index in [1.165, 1.54) is 12.1 Å². The summed E-state index contributed by atoms with van der Waals surface area (Å²) in [6, 6.07) is 3.97. The highest BCUT2D eigenvalue weighted by Gasteiger charge is 2.44. The number of urea groups is 1. The van der Waals surface area contributed by atoms with Gasteiger partial charge >= 0.3 is 12.0 Å². The highest BCUT2D eigenvalue weighted by Crippen LogP contribution is 2.24. The zero-order valence-electron chi connectivity index (χ0n) is 14.8. The summed E-state index contributed by atoms with van der Waals surface area (Å²) in [5.41, 5.74) is -1.48. The lowest BCUT2D eigenvalue weighted by molar-refractivity contribution is -0.144. The van der Waals surface area contributed by atoms with Gasteiger partial charge in [0.15, 0.2) is 5.54 Å². The number of amides is 3. The van der Waals surface area contributed by atoms with E-state index in [2.05, 4.69) is 16.0 Å². The number of benzene rings is 1. The van der Waals surface area contributed by atoms with Crippen molar-refractivity contribution >= 4 is 35.2 Å². The van der Waals surface area contributed by atoms with E-state index in [-0.39, 0.29) is 30.2 Å². The molecule has 1 saturated heterocycles. The van der Waals surface area contributed by atoms with E-state index in [0.29, 0.717) is 5.69 Å². The number of ether oxygens (including phenoxy) is 1. The first-order chi connectivity index (χ1) is 12.0. The molecule has 4 N–H and O–H groups in total. The van der Waals surface area contributed by atoms with Gasteiger partial charge in [0.1, 0.15) is 0 Å². The van der Waals surface area contributed by atoms with Crippen LogP contribution in [0.25, 0.3) is 0 Å². The Kier molecular flexibility index (Phi) is 5.77. The normalized spacial score (nSPS) is 19.7. The summed E-state index contributed by atoms with van der Waals surface area (Å²) in [5.74, 6) is -1.82. The third kappa shape index (κ3) is 4.86. The van der Waals surface area contributed by atoms with Crippen LogP contribution < -0.4 is 16.0 Å². The maximum atomic E-state index is 12.6. The number of anilines is 1. The summed E-state index contributed by atoms with van der Waals surface area (Å²) < 4.78 is 5.12. The van der Waals surface area contributed by atoms with Crippen molar-refractivity contribution < 1.29 is 24.2 Å². The minimum atomic E-state index is -1.48. The average molecular weight is 384 g/mol. The first-order valence-electron chi connectivity index (χ1n) is 8.05. The lowest BCUT2D eigenvalue weighted by Crippen LogP contribution is -2.55. The fourth-order valence-electron chi connectivity index (χ4n) is 2.45. The van der Waals surface area contributed by atoms with Gasteiger partial charge in [-0.2, -0.15) is 0 Å². The highest BCUT2D eigenvalue weighted by molar-refractivity contribution is 6.34. The Labute approximate surface area is 156 Å². The van der Waals surface area contributed by atoms with Crippen molar-refractivity contribution in [3.8, 4) is 0 Å². The van der Waals surface area contributed by atoms with E-state index >= 15 is 0 Å². The molecule has 0 aliphatic carbocycles. The molecule has 9 heteroatoms. The second kappa shape index (κ2) is 7.51. The van der Waals surface area contributed by atoms with Crippen LogP contribution in [0, 0.1) is 0 Å². The van der Waals surface area contributed by atoms with E-state index < -0.39 is 29.0 Å². The van der Waals surface area contributed by atoms with E-state index in [4.69, 9.17) is 16.3 Å². The molecule has 142 valence electrons. The Hall–Kier alpha value is -2.32. The summed E-state index contributed by atoms with van der Waals surface area (Å²) in [7, 11) is 0. The molecule has 1 fully saturated rings. The maximum Gasteiger partial charge on any atom is 0.331 e. The largest absolute Gasteiger partial charge is 0.479 e. The molecule has 0 spiro atoms. The van der Waals surface area contributed by atoms with Crippen LogP contribution in [0.1, 0.15) is 37.6 Å². The molecule has 1 aromatic rings. The van der Waals surface area contributed by atoms with Crippen LogP contribution in [0.2, 0.25) is 5.02 Å². The number of halogens is 1. The zero-order chi connectivity index (χ0) is 19.5. The van der Waals surface area contributed by atoms with Gasteiger partial charge in [-0.25, -0.2) is 9.59 Å². The Balaban J connectivity index is 2.17. The summed E-state index contributed by atoms with van der Waals surface area (Å²) >= 11 is 6.08. The first-order valence-corrected chi connectivity index (χ1v) is 8.43. The topological polar surface area (TPSA) is 117 Å². The molecule has 2 rings (SSSR count). The molecule has 1 aromatic carbocycles. The van der Waals surface area contributed by atoms with Crippen molar-refractivity contribution in [1.29, 1.82) is 0 Å². The number of carbonyl (C=O) groups excluding carboxylic acids is 2. The fourth-order valence-corrected chi connectivity index (χ4v) is 2.65. The Bertz CT molecular complexity index is 724. The number of carboxylic acid groups (broad SMARTS) is 1. The molecule has 1 aliphatic rings.